The zero-order valence-corrected chi connectivity index (χ0v) is 49.9. The molecule has 436 valence electrons. The topological polar surface area (TPSA) is 78.9 Å². The Morgan fingerprint density at radius 2 is 0.571 bits per heavy atom. The molecule has 0 rings (SSSR count). The molecule has 0 N–H and O–H groups in total. The fourth-order valence-corrected chi connectivity index (χ4v) is 8.49. The molecule has 0 aliphatic carbocycles. The summed E-state index contributed by atoms with van der Waals surface area (Å²) in [7, 11) is 0. The lowest BCUT2D eigenvalue weighted by Gasteiger charge is -2.18. The van der Waals surface area contributed by atoms with Gasteiger partial charge in [0.15, 0.2) is 6.10 Å². The van der Waals surface area contributed by atoms with Crippen LogP contribution in [-0.2, 0) is 28.6 Å². The van der Waals surface area contributed by atoms with E-state index in [2.05, 4.69) is 142 Å². The first kappa shape index (κ1) is 72.5. The molecule has 0 heterocycles. The predicted octanol–water partition coefficient (Wildman–Crippen LogP) is 21.8. The minimum Gasteiger partial charge on any atom is -0.462 e. The largest absolute Gasteiger partial charge is 0.462 e. The molecule has 0 amide bonds. The second kappa shape index (κ2) is 64.1. The number of hydrogen-bond acceptors (Lipinski definition) is 6. The van der Waals surface area contributed by atoms with Crippen LogP contribution in [0.5, 0.6) is 0 Å². The first-order chi connectivity index (χ1) is 38.0. The smallest absolute Gasteiger partial charge is 0.309 e. The van der Waals surface area contributed by atoms with Gasteiger partial charge in [0.05, 0.1) is 6.42 Å². The van der Waals surface area contributed by atoms with Crippen molar-refractivity contribution >= 4 is 17.9 Å². The Labute approximate surface area is 475 Å². The Morgan fingerprint density at radius 1 is 0.286 bits per heavy atom. The van der Waals surface area contributed by atoms with Crippen LogP contribution >= 0.6 is 0 Å². The van der Waals surface area contributed by atoms with E-state index in [1.165, 1.54) is 141 Å². The Morgan fingerprint density at radius 3 is 0.961 bits per heavy atom. The fourth-order valence-electron chi connectivity index (χ4n) is 8.49. The SMILES string of the molecule is CC/C=C\C/C=C\C/C=C\C/C=C\C/C=C\CCCC(=O)OC(COC(=O)C/C=C\C/C=C\C/C=C\C/C=C\C/C=C\CC)COC(=O)CCCCCCCCCCCCCCCCC/C=C\CCCCCCCCCC. The van der Waals surface area contributed by atoms with Gasteiger partial charge >= 0.3 is 17.9 Å². The fraction of sp³-hybridized carbons (Fsp3) is 0.648. The van der Waals surface area contributed by atoms with E-state index in [9.17, 15) is 14.4 Å². The van der Waals surface area contributed by atoms with Gasteiger partial charge < -0.3 is 14.2 Å². The summed E-state index contributed by atoms with van der Waals surface area (Å²) in [6.07, 6.45) is 90.8. The molecule has 0 aliphatic heterocycles. The minimum atomic E-state index is -0.853. The summed E-state index contributed by atoms with van der Waals surface area (Å²) in [5.41, 5.74) is 0. The average molecular weight is 1070 g/mol. The molecule has 1 atom stereocenters. The monoisotopic (exact) mass is 1060 g/mol. The quantitative estimate of drug-likeness (QED) is 0.0261. The third kappa shape index (κ3) is 62.3. The summed E-state index contributed by atoms with van der Waals surface area (Å²) in [5, 5.41) is 0. The van der Waals surface area contributed by atoms with Crippen LogP contribution in [0.4, 0.5) is 0 Å². The molecule has 0 radical (unpaired) electrons. The number of rotatable bonds is 56. The number of unbranched alkanes of at least 4 members (excludes halogenated alkanes) is 24. The van der Waals surface area contributed by atoms with Crippen LogP contribution in [0.25, 0.3) is 0 Å². The lowest BCUT2D eigenvalue weighted by molar-refractivity contribution is -0.166. The van der Waals surface area contributed by atoms with Crippen molar-refractivity contribution in [3.05, 3.63) is 134 Å². The van der Waals surface area contributed by atoms with Crippen molar-refractivity contribution in [2.45, 2.75) is 284 Å². The summed E-state index contributed by atoms with van der Waals surface area (Å²) >= 11 is 0. The molecule has 0 aromatic rings. The molecule has 0 fully saturated rings. The van der Waals surface area contributed by atoms with E-state index in [-0.39, 0.29) is 32.0 Å². The number of carbonyl (C=O) groups excluding carboxylic acids is 3. The Hall–Kier alpha value is -4.45. The van der Waals surface area contributed by atoms with Gasteiger partial charge in [0, 0.05) is 12.8 Å². The molecule has 6 nitrogen and oxygen atoms in total. The number of ether oxygens (including phenoxy) is 3. The summed E-state index contributed by atoms with van der Waals surface area (Å²) in [6.45, 7) is 6.29. The maximum Gasteiger partial charge on any atom is 0.309 e. The average Bonchev–Trinajstić information content (AvgIpc) is 3.43. The molecule has 0 saturated carbocycles. The Bertz CT molecular complexity index is 1650. The molecule has 0 aliphatic rings. The standard InChI is InChI=1S/C71H116O6/c1-4-7-10-13-16-19-22-25-28-30-31-32-33-34-35-36-37-38-39-41-43-46-49-52-55-58-61-64-70(73)76-67-68(66-75-69(72)63-60-57-54-51-48-45-42-27-24-21-18-15-12-9-6-3)77-71(74)65-62-59-56-53-50-47-44-40-29-26-23-20-17-14-11-8-5-2/h8-9,11-12,17-18,20-21,26-27,29-31,42,44,47-48,51,53,56-57,60,68H,4-7,10,13-16,19,22-25,28,32-41,43,45-46,49-50,52,54-55,58-59,61-67H2,1-3H3/b11-8-,12-9-,20-17-,21-18-,29-26-,31-30-,42-27-,47-44-,51-48-,56-53-,60-57-. The van der Waals surface area contributed by atoms with Crippen molar-refractivity contribution in [3.63, 3.8) is 0 Å². The third-order valence-corrected chi connectivity index (χ3v) is 13.2. The molecule has 0 spiro atoms. The Kier molecular flexibility index (Phi) is 60.4. The molecule has 0 aromatic carbocycles. The van der Waals surface area contributed by atoms with Crippen LogP contribution in [0.1, 0.15) is 278 Å². The van der Waals surface area contributed by atoms with Crippen LogP contribution in [0.3, 0.4) is 0 Å². The first-order valence-corrected chi connectivity index (χ1v) is 31.7. The maximum atomic E-state index is 12.9. The van der Waals surface area contributed by atoms with E-state index in [4.69, 9.17) is 14.2 Å². The highest BCUT2D eigenvalue weighted by Crippen LogP contribution is 2.16. The molecule has 6 heteroatoms. The zero-order chi connectivity index (χ0) is 55.7. The van der Waals surface area contributed by atoms with Crippen molar-refractivity contribution in [3.8, 4) is 0 Å². The lowest BCUT2D eigenvalue weighted by atomic mass is 10.0. The number of esters is 3. The van der Waals surface area contributed by atoms with Gasteiger partial charge in [0.25, 0.3) is 0 Å². The number of hydrogen-bond donors (Lipinski definition) is 0. The van der Waals surface area contributed by atoms with Gasteiger partial charge in [-0.05, 0) is 109 Å². The molecule has 1 unspecified atom stereocenters. The third-order valence-electron chi connectivity index (χ3n) is 13.2. The van der Waals surface area contributed by atoms with Crippen molar-refractivity contribution in [2.75, 3.05) is 13.2 Å². The summed E-state index contributed by atoms with van der Waals surface area (Å²) in [4.78, 5) is 38.2. The van der Waals surface area contributed by atoms with Gasteiger partial charge in [-0.3, -0.25) is 14.4 Å². The van der Waals surface area contributed by atoms with Gasteiger partial charge in [0.2, 0.25) is 0 Å². The van der Waals surface area contributed by atoms with E-state index >= 15 is 0 Å². The summed E-state index contributed by atoms with van der Waals surface area (Å²) < 4.78 is 16.7. The lowest BCUT2D eigenvalue weighted by Crippen LogP contribution is -2.30. The van der Waals surface area contributed by atoms with E-state index in [1.54, 1.807) is 6.08 Å². The molecule has 0 aromatic heterocycles. The van der Waals surface area contributed by atoms with Gasteiger partial charge in [-0.15, -0.1) is 0 Å². The minimum absolute atomic E-state index is 0.111. The van der Waals surface area contributed by atoms with Gasteiger partial charge in [-0.2, -0.15) is 0 Å². The van der Waals surface area contributed by atoms with Crippen LogP contribution in [0.2, 0.25) is 0 Å². The highest BCUT2D eigenvalue weighted by atomic mass is 16.6. The van der Waals surface area contributed by atoms with Crippen molar-refractivity contribution < 1.29 is 28.6 Å². The maximum absolute atomic E-state index is 12.9. The van der Waals surface area contributed by atoms with Crippen molar-refractivity contribution in [1.82, 2.24) is 0 Å². The first-order valence-electron chi connectivity index (χ1n) is 31.7. The van der Waals surface area contributed by atoms with Gasteiger partial charge in [0.1, 0.15) is 13.2 Å². The predicted molar refractivity (Wildman–Crippen MR) is 334 cm³/mol. The van der Waals surface area contributed by atoms with E-state index < -0.39 is 18.0 Å². The molecule has 0 bridgehead atoms. The molecule has 0 saturated heterocycles. The summed E-state index contributed by atoms with van der Waals surface area (Å²) in [5.74, 6) is -1.13. The second-order valence-electron chi connectivity index (χ2n) is 20.6. The van der Waals surface area contributed by atoms with Gasteiger partial charge in [-0.25, -0.2) is 0 Å². The van der Waals surface area contributed by atoms with E-state index in [0.717, 1.165) is 89.9 Å². The normalized spacial score (nSPS) is 13.0. The summed E-state index contributed by atoms with van der Waals surface area (Å²) in [6, 6.07) is 0. The van der Waals surface area contributed by atoms with Gasteiger partial charge in [-0.1, -0.05) is 283 Å². The van der Waals surface area contributed by atoms with Crippen LogP contribution in [0.15, 0.2) is 134 Å². The van der Waals surface area contributed by atoms with Crippen molar-refractivity contribution in [1.29, 1.82) is 0 Å². The van der Waals surface area contributed by atoms with E-state index in [1.807, 2.05) is 6.08 Å². The number of allylic oxidation sites excluding steroid dienone is 21. The zero-order valence-electron chi connectivity index (χ0n) is 49.9. The highest BCUT2D eigenvalue weighted by molar-refractivity contribution is 5.72. The Balaban J connectivity index is 4.42. The second-order valence-corrected chi connectivity index (χ2v) is 20.6. The molecular formula is C71H116O6. The molecule has 77 heavy (non-hydrogen) atoms. The number of carbonyl (C=O) groups is 3. The van der Waals surface area contributed by atoms with Crippen molar-refractivity contribution in [2.24, 2.45) is 0 Å². The highest BCUT2D eigenvalue weighted by Gasteiger charge is 2.19. The van der Waals surface area contributed by atoms with E-state index in [0.29, 0.717) is 12.8 Å². The van der Waals surface area contributed by atoms with Crippen LogP contribution < -0.4 is 0 Å². The van der Waals surface area contributed by atoms with Crippen LogP contribution in [-0.4, -0.2) is 37.2 Å². The van der Waals surface area contributed by atoms with Crippen LogP contribution in [0, 0.1) is 0 Å². The molecular weight excluding hydrogens is 949 g/mol.